The van der Waals surface area contributed by atoms with Gasteiger partial charge in [0.25, 0.3) is 0 Å². The Morgan fingerprint density at radius 1 is 0.475 bits per heavy atom. The molecule has 0 aliphatic carbocycles. The standard InChI is InChI=1S/C19H23NO4.C15H19BO4.C14H15NO2.C11H16F3NO5S.C10H7F3O5S.C9H8O3.C6H12BO2/c1-19(2,3)24-18(21)20-10-8-13(9-11-20)15-12-23-17-14(15)6-5-7-16(17)22-4;1-14(2)15(3,4)20-16(19-14)11-9-18-13-10(11)7-6-8-12(13)17-5;1-16-13-4-2-3-11-12(9-17-14(11)13)10-5-7-15-8-6-10;1-10(2,3)19-9(16)15-6-4-8(5-7-15)20-21(17,18)11(12,13)14;1-16-7-4-2-3-6-8(5-17-9(6)7)18-19(14,15)10(11,12)13;1-11-8-4-2-3-6-7(10)5-12-9(6)8;1-5(2)6(3,4)9-7-8-5/h5-8,12H,9-11H2,1-4H3;6-9H,1-5H3;2-5,9,15H,6-8H2,1H3;4H,5-7H2,1-3H3;2-5H,1H3;2-4H,5H2,1H3;1-4H3. The highest BCUT2D eigenvalue weighted by Gasteiger charge is 2.54. The van der Waals surface area contributed by atoms with Crippen molar-refractivity contribution < 1.29 is 140 Å². The molecule has 0 unspecified atom stereocenters. The highest BCUT2D eigenvalue weighted by molar-refractivity contribution is 7.88. The van der Waals surface area contributed by atoms with Crippen LogP contribution in [0, 0.1) is 0 Å². The molecule has 6 aliphatic rings. The number of rotatable bonds is 12. The zero-order valence-electron chi connectivity index (χ0n) is 71.1. The smallest absolute Gasteiger partial charge is 0.493 e. The second kappa shape index (κ2) is 38.5. The van der Waals surface area contributed by atoms with Crippen LogP contribution in [-0.2, 0) is 52.5 Å². The molecule has 5 aromatic carbocycles. The second-order valence-electron chi connectivity index (χ2n) is 31.8. The number of nitrogens with one attached hydrogen (secondary N) is 1. The number of methoxy groups -OCH3 is 5. The molecule has 0 saturated carbocycles. The van der Waals surface area contributed by atoms with Gasteiger partial charge in [-0.3, -0.25) is 4.79 Å². The lowest BCUT2D eigenvalue weighted by molar-refractivity contribution is -0.0526. The van der Waals surface area contributed by atoms with Gasteiger partial charge in [0.05, 0.1) is 87.7 Å². The number of amides is 2. The van der Waals surface area contributed by atoms with E-state index in [9.17, 15) is 57.6 Å². The van der Waals surface area contributed by atoms with Crippen LogP contribution in [0.4, 0.5) is 35.9 Å². The van der Waals surface area contributed by atoms with Gasteiger partial charge in [0.1, 0.15) is 23.2 Å². The van der Waals surface area contributed by atoms with Gasteiger partial charge in [-0.25, -0.2) is 9.59 Å². The predicted molar refractivity (Wildman–Crippen MR) is 444 cm³/mol. The van der Waals surface area contributed by atoms with E-state index in [0.29, 0.717) is 35.9 Å². The van der Waals surface area contributed by atoms with E-state index >= 15 is 0 Å². The molecule has 2 amide bonds. The molecule has 1 radical (unpaired) electrons. The maximum absolute atomic E-state index is 12.2. The van der Waals surface area contributed by atoms with E-state index in [0.717, 1.165) is 93.7 Å². The quantitative estimate of drug-likeness (QED) is 0.0514. The third-order valence-corrected chi connectivity index (χ3v) is 22.0. The highest BCUT2D eigenvalue weighted by Crippen LogP contribution is 2.43. The summed E-state index contributed by atoms with van der Waals surface area (Å²) in [5, 5.41) is 6.51. The van der Waals surface area contributed by atoms with E-state index in [4.69, 9.17) is 74.2 Å². The molecule has 9 aromatic rings. The Morgan fingerprint density at radius 2 is 0.885 bits per heavy atom. The number of furan rings is 4. The lowest BCUT2D eigenvalue weighted by Gasteiger charge is -2.32. The van der Waals surface area contributed by atoms with Crippen LogP contribution < -0.4 is 43.4 Å². The molecule has 38 heteroatoms. The maximum atomic E-state index is 12.2. The van der Waals surface area contributed by atoms with Crippen molar-refractivity contribution in [3.63, 3.8) is 0 Å². The van der Waals surface area contributed by atoms with Gasteiger partial charge >= 0.3 is 58.2 Å². The summed E-state index contributed by atoms with van der Waals surface area (Å²) >= 11 is 0. The van der Waals surface area contributed by atoms with Crippen molar-refractivity contribution in [2.45, 2.75) is 161 Å². The molecule has 6 aliphatic heterocycles. The van der Waals surface area contributed by atoms with Crippen LogP contribution in [0.2, 0.25) is 0 Å². The predicted octanol–water partition coefficient (Wildman–Crippen LogP) is 17.5. The fourth-order valence-electron chi connectivity index (χ4n) is 12.1. The molecule has 0 atom stereocenters. The third-order valence-electron chi connectivity index (χ3n) is 20.0. The number of carbonyl (C=O) groups is 3. The van der Waals surface area contributed by atoms with E-state index in [1.165, 1.54) is 54.6 Å². The fraction of sp³-hybridized carbons (Fsp3) is 0.440. The molecule has 2 saturated heterocycles. The number of benzene rings is 5. The number of hydrogen-bond acceptors (Lipinski definition) is 26. The lowest BCUT2D eigenvalue weighted by Crippen LogP contribution is -2.41. The first-order valence-corrected chi connectivity index (χ1v) is 41.1. The average molecular weight is 1750 g/mol. The molecule has 1 N–H and O–H groups in total. The van der Waals surface area contributed by atoms with Crippen LogP contribution in [0.1, 0.15) is 138 Å². The third kappa shape index (κ3) is 23.0. The van der Waals surface area contributed by atoms with Gasteiger partial charge in [-0.1, -0.05) is 60.7 Å². The second-order valence-corrected chi connectivity index (χ2v) is 34.9. The number of ketones is 1. The van der Waals surface area contributed by atoms with Crippen molar-refractivity contribution in [2.75, 3.05) is 81.4 Å². The van der Waals surface area contributed by atoms with Crippen LogP contribution in [0.15, 0.2) is 158 Å². The summed E-state index contributed by atoms with van der Waals surface area (Å²) in [4.78, 5) is 37.9. The van der Waals surface area contributed by atoms with Crippen molar-refractivity contribution in [1.82, 2.24) is 15.1 Å². The highest BCUT2D eigenvalue weighted by atomic mass is 32.2. The zero-order valence-corrected chi connectivity index (χ0v) is 72.7. The lowest BCUT2D eigenvalue weighted by atomic mass is 9.79. The minimum Gasteiger partial charge on any atom is -0.493 e. The van der Waals surface area contributed by atoms with Crippen molar-refractivity contribution in [3.8, 4) is 40.2 Å². The molecule has 28 nitrogen and oxygen atoms in total. The largest absolute Gasteiger partial charge is 0.534 e. The monoisotopic (exact) mass is 1750 g/mol. The summed E-state index contributed by atoms with van der Waals surface area (Å²) in [6, 6.07) is 27.3. The molecular weight excluding hydrogens is 1650 g/mol. The van der Waals surface area contributed by atoms with Gasteiger partial charge in [-0.05, 0) is 176 Å². The van der Waals surface area contributed by atoms with Gasteiger partial charge in [-0.2, -0.15) is 43.2 Å². The SMILES string of the molecule is CC(C)(C)OC(=O)N1CC=C(OS(=O)(=O)C(F)(F)F)CC1.CC1(C)O[B]OC1(C)C.COc1cccc2c(B3OC(C)(C)C(C)(C)O3)coc12.COc1cccc2c(C3=CCN(C(=O)OC(C)(C)C)CC3)coc12.COc1cccc2c(C3=CCNCC3)coc12.COc1cccc2c(OS(=O)(=O)C(F)(F)F)coc12.COc1cccc2c1OCC2=O. The van der Waals surface area contributed by atoms with Crippen LogP contribution >= 0.6 is 0 Å². The summed E-state index contributed by atoms with van der Waals surface area (Å²) in [6.07, 6.45) is 12.2. The van der Waals surface area contributed by atoms with Crippen LogP contribution in [0.5, 0.6) is 40.2 Å². The Kier molecular flexibility index (Phi) is 30.1. The van der Waals surface area contributed by atoms with E-state index < -0.39 is 61.4 Å². The Balaban J connectivity index is 0.000000164. The first-order chi connectivity index (χ1) is 57.0. The molecular formula is C84H100B2F6N3O25S2. The van der Waals surface area contributed by atoms with E-state index in [2.05, 4.69) is 31.9 Å². The number of ether oxygens (including phenoxy) is 8. The Labute approximate surface area is 704 Å². The number of nitrogens with zero attached hydrogens (tertiary/aromatic N) is 2. The zero-order chi connectivity index (χ0) is 89.9. The molecule has 10 heterocycles. The Hall–Kier alpha value is -10.5. The topological polar surface area (TPSA) is 320 Å². The molecule has 122 heavy (non-hydrogen) atoms. The molecule has 4 aromatic heterocycles. The molecule has 2 fully saturated rings. The number of Topliss-reactive ketones (excluding diaryl/α,β-unsaturated/α-hetero) is 1. The molecule has 0 spiro atoms. The van der Waals surface area contributed by atoms with Crippen molar-refractivity contribution in [3.05, 3.63) is 157 Å². The number of para-hydroxylation sites is 5. The Bertz CT molecular complexity index is 5490. The molecule has 0 bridgehead atoms. The summed E-state index contributed by atoms with van der Waals surface area (Å²) in [7, 11) is -2.58. The number of hydrogen-bond donors (Lipinski definition) is 1. The number of carbonyl (C=O) groups excluding carboxylic acids is 3. The van der Waals surface area contributed by atoms with Gasteiger partial charge in [0, 0.05) is 71.9 Å². The molecule has 661 valence electrons. The van der Waals surface area contributed by atoms with Gasteiger partial charge < -0.3 is 97.7 Å². The summed E-state index contributed by atoms with van der Waals surface area (Å²) < 4.78 is 211. The number of halogens is 6. The van der Waals surface area contributed by atoms with Crippen molar-refractivity contribution in [1.29, 1.82) is 0 Å². The first kappa shape index (κ1) is 95.3. The van der Waals surface area contributed by atoms with Gasteiger partial charge in [0.2, 0.25) is 5.78 Å². The molecule has 15 rings (SSSR count). The van der Waals surface area contributed by atoms with E-state index in [1.54, 1.807) is 84.8 Å². The maximum Gasteiger partial charge on any atom is 0.534 e. The Morgan fingerprint density at radius 3 is 1.30 bits per heavy atom. The summed E-state index contributed by atoms with van der Waals surface area (Å²) in [5.74, 6) is 2.81. The average Bonchev–Trinajstić information content (AvgIpc) is 1.60. The number of fused-ring (bicyclic) bond motifs is 5. The minimum atomic E-state index is -5.73. The van der Waals surface area contributed by atoms with E-state index in [1.807, 2.05) is 131 Å². The summed E-state index contributed by atoms with van der Waals surface area (Å²) in [5.41, 5.74) is -4.52. The van der Waals surface area contributed by atoms with Gasteiger partial charge in [-0.15, -0.1) is 0 Å². The number of alkyl halides is 6. The van der Waals surface area contributed by atoms with Crippen LogP contribution in [0.3, 0.4) is 0 Å². The van der Waals surface area contributed by atoms with Gasteiger partial charge in [0.15, 0.2) is 69.2 Å². The van der Waals surface area contributed by atoms with Crippen molar-refractivity contribution in [2.24, 2.45) is 0 Å². The van der Waals surface area contributed by atoms with Crippen molar-refractivity contribution >= 4 is 113 Å². The normalized spacial score (nSPS) is 17.1. The van der Waals surface area contributed by atoms with Crippen LogP contribution in [0.25, 0.3) is 55.0 Å². The fourth-order valence-corrected chi connectivity index (χ4v) is 13.1. The first-order valence-electron chi connectivity index (χ1n) is 38.3. The van der Waals surface area contributed by atoms with E-state index in [-0.39, 0.29) is 82.9 Å². The van der Waals surface area contributed by atoms with Crippen LogP contribution in [-0.4, -0.2) is 185 Å². The summed E-state index contributed by atoms with van der Waals surface area (Å²) in [6.45, 7) is 30.0. The minimum absolute atomic E-state index is 0.00806.